The molecule has 0 saturated carbocycles. The number of amides is 1. The molecule has 2 nitrogen and oxygen atoms in total. The van der Waals surface area contributed by atoms with Gasteiger partial charge in [-0.2, -0.15) is 0 Å². The van der Waals surface area contributed by atoms with Crippen molar-refractivity contribution in [3.63, 3.8) is 0 Å². The Balaban J connectivity index is 1.84. The Kier molecular flexibility index (Phi) is 3.27. The Morgan fingerprint density at radius 1 is 1.40 bits per heavy atom. The van der Waals surface area contributed by atoms with Crippen molar-refractivity contribution in [1.29, 1.82) is 0 Å². The second-order valence-corrected chi connectivity index (χ2v) is 4.30. The summed E-state index contributed by atoms with van der Waals surface area (Å²) in [5.41, 5.74) is 1.14. The number of halogens is 1. The standard InChI is InChI=1S/C12H14ClNO/c13-11-4-1-3-10(9-11)5-6-12(15)14-7-2-8-14/h1,3-4,9H,2,5-8H2. The van der Waals surface area contributed by atoms with E-state index in [2.05, 4.69) is 0 Å². The van der Waals surface area contributed by atoms with Crippen molar-refractivity contribution in [3.05, 3.63) is 34.9 Å². The van der Waals surface area contributed by atoms with Gasteiger partial charge in [-0.3, -0.25) is 4.79 Å². The van der Waals surface area contributed by atoms with Gasteiger partial charge in [0.25, 0.3) is 0 Å². The van der Waals surface area contributed by atoms with E-state index in [4.69, 9.17) is 11.6 Å². The van der Waals surface area contributed by atoms with Crippen LogP contribution < -0.4 is 0 Å². The summed E-state index contributed by atoms with van der Waals surface area (Å²) in [6.07, 6.45) is 2.54. The van der Waals surface area contributed by atoms with Gasteiger partial charge in [0.15, 0.2) is 0 Å². The lowest BCUT2D eigenvalue weighted by Gasteiger charge is -2.30. The summed E-state index contributed by atoms with van der Waals surface area (Å²) in [6.45, 7) is 1.88. The topological polar surface area (TPSA) is 20.3 Å². The first-order valence-electron chi connectivity index (χ1n) is 5.28. The van der Waals surface area contributed by atoms with Crippen LogP contribution >= 0.6 is 11.6 Å². The zero-order valence-corrected chi connectivity index (χ0v) is 9.33. The van der Waals surface area contributed by atoms with E-state index >= 15 is 0 Å². The third-order valence-corrected chi connectivity index (χ3v) is 2.96. The molecule has 0 spiro atoms. The zero-order valence-electron chi connectivity index (χ0n) is 8.58. The van der Waals surface area contributed by atoms with Crippen molar-refractivity contribution in [1.82, 2.24) is 4.90 Å². The van der Waals surface area contributed by atoms with Crippen LogP contribution in [0, 0.1) is 0 Å². The monoisotopic (exact) mass is 223 g/mol. The van der Waals surface area contributed by atoms with Crippen LogP contribution in [0.15, 0.2) is 24.3 Å². The van der Waals surface area contributed by atoms with Crippen molar-refractivity contribution in [2.75, 3.05) is 13.1 Å². The first kappa shape index (κ1) is 10.5. The molecule has 0 N–H and O–H groups in total. The van der Waals surface area contributed by atoms with Gasteiger partial charge in [-0.1, -0.05) is 23.7 Å². The lowest BCUT2D eigenvalue weighted by atomic mass is 10.1. The van der Waals surface area contributed by atoms with E-state index in [1.54, 1.807) is 0 Å². The number of aryl methyl sites for hydroxylation is 1. The van der Waals surface area contributed by atoms with E-state index in [9.17, 15) is 4.79 Å². The lowest BCUT2D eigenvalue weighted by molar-refractivity contribution is -0.134. The van der Waals surface area contributed by atoms with Gasteiger partial charge in [0.05, 0.1) is 0 Å². The zero-order chi connectivity index (χ0) is 10.7. The molecule has 1 fully saturated rings. The van der Waals surface area contributed by atoms with Crippen molar-refractivity contribution >= 4 is 17.5 Å². The Hall–Kier alpha value is -1.02. The summed E-state index contributed by atoms with van der Waals surface area (Å²) in [5.74, 6) is 0.265. The Morgan fingerprint density at radius 2 is 2.20 bits per heavy atom. The molecule has 0 radical (unpaired) electrons. The van der Waals surface area contributed by atoms with Crippen LogP contribution in [0.25, 0.3) is 0 Å². The summed E-state index contributed by atoms with van der Waals surface area (Å²) in [6, 6.07) is 7.70. The van der Waals surface area contributed by atoms with E-state index in [1.807, 2.05) is 29.2 Å². The minimum absolute atomic E-state index is 0.265. The second-order valence-electron chi connectivity index (χ2n) is 3.86. The fourth-order valence-corrected chi connectivity index (χ4v) is 1.88. The van der Waals surface area contributed by atoms with E-state index < -0.39 is 0 Å². The van der Waals surface area contributed by atoms with E-state index in [-0.39, 0.29) is 5.91 Å². The molecule has 0 unspecified atom stereocenters. The smallest absolute Gasteiger partial charge is 0.222 e. The normalized spacial score (nSPS) is 14.9. The molecular weight excluding hydrogens is 210 g/mol. The molecule has 1 aromatic carbocycles. The number of benzene rings is 1. The number of carbonyl (C=O) groups is 1. The highest BCUT2D eigenvalue weighted by Crippen LogP contribution is 2.14. The van der Waals surface area contributed by atoms with Gasteiger partial charge in [-0.15, -0.1) is 0 Å². The first-order valence-corrected chi connectivity index (χ1v) is 5.66. The fourth-order valence-electron chi connectivity index (χ4n) is 1.67. The SMILES string of the molecule is O=C(CCc1cccc(Cl)c1)N1CCC1. The van der Waals surface area contributed by atoms with Gasteiger partial charge in [0.1, 0.15) is 0 Å². The summed E-state index contributed by atoms with van der Waals surface area (Å²) in [5, 5.41) is 0.740. The molecule has 1 aromatic rings. The molecule has 15 heavy (non-hydrogen) atoms. The molecule has 1 saturated heterocycles. The highest BCUT2D eigenvalue weighted by atomic mass is 35.5. The molecule has 0 aromatic heterocycles. The summed E-state index contributed by atoms with van der Waals surface area (Å²) in [7, 11) is 0. The molecule has 1 heterocycles. The van der Waals surface area contributed by atoms with Crippen LogP contribution in [0.2, 0.25) is 5.02 Å². The molecule has 3 heteroatoms. The van der Waals surface area contributed by atoms with Crippen LogP contribution in [0.4, 0.5) is 0 Å². The van der Waals surface area contributed by atoms with E-state index in [0.717, 1.165) is 36.5 Å². The Bertz CT molecular complexity index is 360. The third-order valence-electron chi connectivity index (χ3n) is 2.73. The maximum absolute atomic E-state index is 11.6. The summed E-state index contributed by atoms with van der Waals surface area (Å²) < 4.78 is 0. The highest BCUT2D eigenvalue weighted by molar-refractivity contribution is 6.30. The molecule has 0 bridgehead atoms. The Labute approximate surface area is 94.8 Å². The molecule has 2 rings (SSSR count). The average Bonchev–Trinajstić information content (AvgIpc) is 2.12. The summed E-state index contributed by atoms with van der Waals surface area (Å²) in [4.78, 5) is 13.5. The maximum Gasteiger partial charge on any atom is 0.222 e. The van der Waals surface area contributed by atoms with Crippen LogP contribution in [0.1, 0.15) is 18.4 Å². The molecular formula is C12H14ClNO. The van der Waals surface area contributed by atoms with Crippen LogP contribution in [-0.2, 0) is 11.2 Å². The quantitative estimate of drug-likeness (QED) is 0.771. The van der Waals surface area contributed by atoms with Gasteiger partial charge in [-0.25, -0.2) is 0 Å². The van der Waals surface area contributed by atoms with Gasteiger partial charge < -0.3 is 4.90 Å². The largest absolute Gasteiger partial charge is 0.343 e. The van der Waals surface area contributed by atoms with Crippen molar-refractivity contribution < 1.29 is 4.79 Å². The second kappa shape index (κ2) is 4.67. The van der Waals surface area contributed by atoms with Gasteiger partial charge >= 0.3 is 0 Å². The highest BCUT2D eigenvalue weighted by Gasteiger charge is 2.19. The fraction of sp³-hybridized carbons (Fsp3) is 0.417. The van der Waals surface area contributed by atoms with Crippen molar-refractivity contribution in [3.8, 4) is 0 Å². The number of likely N-dealkylation sites (tertiary alicyclic amines) is 1. The molecule has 0 atom stereocenters. The molecule has 1 amide bonds. The molecule has 1 aliphatic rings. The lowest BCUT2D eigenvalue weighted by Crippen LogP contribution is -2.42. The molecule has 1 aliphatic heterocycles. The van der Waals surface area contributed by atoms with Crippen molar-refractivity contribution in [2.45, 2.75) is 19.3 Å². The number of nitrogens with zero attached hydrogens (tertiary/aromatic N) is 1. The first-order chi connectivity index (χ1) is 7.25. The molecule has 0 aliphatic carbocycles. The predicted molar refractivity (Wildman–Crippen MR) is 61.0 cm³/mol. The average molecular weight is 224 g/mol. The molecule has 80 valence electrons. The predicted octanol–water partition coefficient (Wildman–Crippen LogP) is 2.50. The van der Waals surface area contributed by atoms with Gasteiger partial charge in [0, 0.05) is 24.5 Å². The Morgan fingerprint density at radius 3 is 2.80 bits per heavy atom. The van der Waals surface area contributed by atoms with Crippen LogP contribution in [0.3, 0.4) is 0 Å². The number of hydrogen-bond acceptors (Lipinski definition) is 1. The van der Waals surface area contributed by atoms with Crippen molar-refractivity contribution in [2.24, 2.45) is 0 Å². The minimum Gasteiger partial charge on any atom is -0.343 e. The van der Waals surface area contributed by atoms with Crippen LogP contribution in [-0.4, -0.2) is 23.9 Å². The minimum atomic E-state index is 0.265. The van der Waals surface area contributed by atoms with Crippen LogP contribution in [0.5, 0.6) is 0 Å². The van der Waals surface area contributed by atoms with E-state index in [0.29, 0.717) is 6.42 Å². The third kappa shape index (κ3) is 2.72. The van der Waals surface area contributed by atoms with Gasteiger partial charge in [-0.05, 0) is 30.5 Å². The number of hydrogen-bond donors (Lipinski definition) is 0. The van der Waals surface area contributed by atoms with E-state index in [1.165, 1.54) is 0 Å². The summed E-state index contributed by atoms with van der Waals surface area (Å²) >= 11 is 5.87. The number of rotatable bonds is 3. The maximum atomic E-state index is 11.6. The van der Waals surface area contributed by atoms with Gasteiger partial charge in [0.2, 0.25) is 5.91 Å². The number of carbonyl (C=O) groups excluding carboxylic acids is 1.